The van der Waals surface area contributed by atoms with Crippen molar-refractivity contribution in [1.82, 2.24) is 5.06 Å². The van der Waals surface area contributed by atoms with Crippen molar-refractivity contribution in [3.05, 3.63) is 29.8 Å². The van der Waals surface area contributed by atoms with Crippen LogP contribution in [0.5, 0.6) is 0 Å². The molecule has 2 rings (SSSR count). The Balaban J connectivity index is 2.14. The average Bonchev–Trinajstić information content (AvgIpc) is 2.83. The maximum absolute atomic E-state index is 12.1. The number of anilines is 1. The van der Waals surface area contributed by atoms with Crippen LogP contribution in [0.4, 0.5) is 5.69 Å². The van der Waals surface area contributed by atoms with Gasteiger partial charge in [0.05, 0.1) is 5.56 Å². The lowest BCUT2D eigenvalue weighted by atomic mass is 10.2. The maximum Gasteiger partial charge on any atom is 0.363 e. The van der Waals surface area contributed by atoms with Gasteiger partial charge in [0.25, 0.3) is 11.8 Å². The number of carbonyl (C=O) groups is 3. The summed E-state index contributed by atoms with van der Waals surface area (Å²) in [5.74, 6) is -2.14. The minimum atomic E-state index is -2.38. The molecule has 1 aromatic rings. The summed E-state index contributed by atoms with van der Waals surface area (Å²) in [6, 6.07) is 5.35. The second-order valence-electron chi connectivity index (χ2n) is 4.36. The molecule has 112 valence electrons. The number of nitrogens with zero attached hydrogens (tertiary/aromatic N) is 2. The molecule has 0 saturated carbocycles. The summed E-state index contributed by atoms with van der Waals surface area (Å²) >= 11 is 0. The van der Waals surface area contributed by atoms with E-state index >= 15 is 0 Å². The van der Waals surface area contributed by atoms with E-state index in [-0.39, 0.29) is 18.4 Å². The molecule has 21 heavy (non-hydrogen) atoms. The minimum Gasteiger partial charge on any atom is -0.372 e. The fourth-order valence-corrected chi connectivity index (χ4v) is 1.84. The summed E-state index contributed by atoms with van der Waals surface area (Å²) in [5.41, 5.74) is 0.320. The Morgan fingerprint density at radius 2 is 1.76 bits per heavy atom. The van der Waals surface area contributed by atoms with Gasteiger partial charge in [-0.25, -0.2) is 4.79 Å². The van der Waals surface area contributed by atoms with Crippen LogP contribution in [0.2, 0.25) is 0 Å². The molecule has 0 bridgehead atoms. The van der Waals surface area contributed by atoms with Crippen molar-refractivity contribution >= 4 is 23.5 Å². The predicted octanol–water partition coefficient (Wildman–Crippen LogP) is 1.75. The van der Waals surface area contributed by atoms with Crippen LogP contribution in [-0.4, -0.2) is 35.9 Å². The predicted molar refractivity (Wildman–Crippen MR) is 76.5 cm³/mol. The third kappa shape index (κ3) is 3.21. The van der Waals surface area contributed by atoms with E-state index in [1.807, 2.05) is 0 Å². The number of amides is 2. The van der Waals surface area contributed by atoms with E-state index in [1.54, 1.807) is 0 Å². The first kappa shape index (κ1) is 8.81. The van der Waals surface area contributed by atoms with Gasteiger partial charge < -0.3 is 9.74 Å². The van der Waals surface area contributed by atoms with Crippen molar-refractivity contribution < 1.29 is 27.4 Å². The quantitative estimate of drug-likeness (QED) is 0.774. The standard InChI is InChI=1S/C15H18N2O4/c1-3-16(4-2)12-7-5-11(6-8-12)15(20)21-17-13(18)9-10-14(17)19/h5-8H,3-4,9-10H2,1-2H3/i1D3,2D3. The number of imide groups is 1. The fourth-order valence-electron chi connectivity index (χ4n) is 1.84. The van der Waals surface area contributed by atoms with E-state index in [0.29, 0.717) is 10.8 Å². The minimum absolute atomic E-state index is 0.0222. The molecule has 1 fully saturated rings. The van der Waals surface area contributed by atoms with Gasteiger partial charge in [0.15, 0.2) is 0 Å². The van der Waals surface area contributed by atoms with Crippen molar-refractivity contribution in [2.24, 2.45) is 0 Å². The molecule has 1 saturated heterocycles. The summed E-state index contributed by atoms with van der Waals surface area (Å²) in [5, 5.41) is 0.422. The molecule has 2 amide bonds. The summed E-state index contributed by atoms with van der Waals surface area (Å²) < 4.78 is 44.1. The molecule has 0 atom stereocenters. The molecule has 1 aliphatic heterocycles. The second kappa shape index (κ2) is 6.39. The topological polar surface area (TPSA) is 66.9 Å². The molecule has 0 spiro atoms. The summed E-state index contributed by atoms with van der Waals surface area (Å²) in [6.07, 6.45) is -0.0471. The molecule has 1 aliphatic rings. The lowest BCUT2D eigenvalue weighted by molar-refractivity contribution is -0.172. The third-order valence-corrected chi connectivity index (χ3v) is 3.03. The van der Waals surface area contributed by atoms with Crippen LogP contribution < -0.4 is 4.90 Å². The van der Waals surface area contributed by atoms with Gasteiger partial charge in [0.1, 0.15) is 0 Å². The Labute approximate surface area is 131 Å². The van der Waals surface area contributed by atoms with Crippen molar-refractivity contribution in [3.8, 4) is 0 Å². The number of hydroxylamine groups is 2. The Bertz CT molecular complexity index is 697. The Kier molecular flexibility index (Phi) is 2.68. The first-order valence-electron chi connectivity index (χ1n) is 9.29. The van der Waals surface area contributed by atoms with Gasteiger partial charge in [-0.2, -0.15) is 0 Å². The Morgan fingerprint density at radius 1 is 1.19 bits per heavy atom. The number of rotatable bonds is 5. The van der Waals surface area contributed by atoms with Gasteiger partial charge in [-0.1, -0.05) is 0 Å². The molecule has 0 radical (unpaired) electrons. The molecule has 0 aliphatic carbocycles. The number of benzene rings is 1. The van der Waals surface area contributed by atoms with Gasteiger partial charge in [0.2, 0.25) is 0 Å². The van der Waals surface area contributed by atoms with Crippen molar-refractivity contribution in [1.29, 1.82) is 0 Å². The van der Waals surface area contributed by atoms with Gasteiger partial charge in [0, 0.05) is 39.8 Å². The van der Waals surface area contributed by atoms with Crippen LogP contribution in [0.15, 0.2) is 24.3 Å². The summed E-state index contributed by atoms with van der Waals surface area (Å²) in [7, 11) is 0. The number of carbonyl (C=O) groups excluding carboxylic acids is 3. The molecule has 0 unspecified atom stereocenters. The lowest BCUT2D eigenvalue weighted by Crippen LogP contribution is -2.32. The van der Waals surface area contributed by atoms with Crippen LogP contribution >= 0.6 is 0 Å². The van der Waals surface area contributed by atoms with E-state index in [2.05, 4.69) is 0 Å². The highest BCUT2D eigenvalue weighted by Crippen LogP contribution is 2.17. The molecule has 1 heterocycles. The molecule has 1 aromatic carbocycles. The SMILES string of the molecule is [2H]C([2H])([2H])CN(CC([2H])([2H])[2H])c1ccc(C(=O)ON2C(=O)CCC2=O)cc1. The van der Waals surface area contributed by atoms with Crippen LogP contribution in [0.25, 0.3) is 0 Å². The largest absolute Gasteiger partial charge is 0.372 e. The summed E-state index contributed by atoms with van der Waals surface area (Å²) in [6.45, 7) is -5.71. The highest BCUT2D eigenvalue weighted by Gasteiger charge is 2.33. The van der Waals surface area contributed by atoms with Gasteiger partial charge in [-0.15, -0.1) is 5.06 Å². The van der Waals surface area contributed by atoms with E-state index in [1.165, 1.54) is 29.2 Å². The molecular weight excluding hydrogens is 272 g/mol. The van der Waals surface area contributed by atoms with Crippen LogP contribution in [0, 0.1) is 0 Å². The van der Waals surface area contributed by atoms with E-state index < -0.39 is 44.6 Å². The van der Waals surface area contributed by atoms with Gasteiger partial charge in [-0.3, -0.25) is 9.59 Å². The molecular formula is C15H18N2O4. The monoisotopic (exact) mass is 296 g/mol. The van der Waals surface area contributed by atoms with Crippen molar-refractivity contribution in [2.75, 3.05) is 18.0 Å². The van der Waals surface area contributed by atoms with E-state index in [9.17, 15) is 14.4 Å². The maximum atomic E-state index is 12.1. The molecule has 6 heteroatoms. The molecule has 0 aromatic heterocycles. The number of hydrogen-bond donors (Lipinski definition) is 0. The normalized spacial score (nSPS) is 19.9. The third-order valence-electron chi connectivity index (χ3n) is 3.03. The van der Waals surface area contributed by atoms with E-state index in [0.717, 1.165) is 0 Å². The molecule has 0 N–H and O–H groups in total. The fraction of sp³-hybridized carbons (Fsp3) is 0.400. The number of hydrogen-bond acceptors (Lipinski definition) is 5. The Hall–Kier alpha value is -2.37. The zero-order valence-corrected chi connectivity index (χ0v) is 11.2. The van der Waals surface area contributed by atoms with Gasteiger partial charge >= 0.3 is 5.97 Å². The Morgan fingerprint density at radius 3 is 2.29 bits per heavy atom. The molecule has 6 nitrogen and oxygen atoms in total. The van der Waals surface area contributed by atoms with Gasteiger partial charge in [-0.05, 0) is 38.0 Å². The first-order chi connectivity index (χ1) is 12.4. The van der Waals surface area contributed by atoms with Crippen molar-refractivity contribution in [3.63, 3.8) is 0 Å². The zero-order valence-electron chi connectivity index (χ0n) is 17.2. The van der Waals surface area contributed by atoms with Crippen molar-refractivity contribution in [2.45, 2.75) is 26.5 Å². The van der Waals surface area contributed by atoms with Crippen LogP contribution in [-0.2, 0) is 14.4 Å². The highest BCUT2D eigenvalue weighted by molar-refractivity contribution is 6.02. The lowest BCUT2D eigenvalue weighted by Gasteiger charge is -2.21. The smallest absolute Gasteiger partial charge is 0.363 e. The average molecular weight is 296 g/mol. The van der Waals surface area contributed by atoms with Crippen LogP contribution in [0.1, 0.15) is 45.1 Å². The highest BCUT2D eigenvalue weighted by atomic mass is 16.7. The second-order valence-corrected chi connectivity index (χ2v) is 4.36. The van der Waals surface area contributed by atoms with Crippen LogP contribution in [0.3, 0.4) is 0 Å². The summed E-state index contributed by atoms with van der Waals surface area (Å²) in [4.78, 5) is 41.0. The first-order valence-corrected chi connectivity index (χ1v) is 6.29. The van der Waals surface area contributed by atoms with E-state index in [4.69, 9.17) is 13.1 Å². The zero-order chi connectivity index (χ0) is 20.4.